The molecule has 1 saturated carbocycles. The topological polar surface area (TPSA) is 135 Å². The average Bonchev–Trinajstić information content (AvgIpc) is 3.59. The van der Waals surface area contributed by atoms with Crippen LogP contribution in [0.5, 0.6) is 0 Å². The minimum absolute atomic E-state index is 0.0238. The van der Waals surface area contributed by atoms with Crippen molar-refractivity contribution in [3.63, 3.8) is 0 Å². The van der Waals surface area contributed by atoms with Gasteiger partial charge in [-0.05, 0) is 56.2 Å². The van der Waals surface area contributed by atoms with E-state index >= 15 is 0 Å². The van der Waals surface area contributed by atoms with E-state index < -0.39 is 24.3 Å². The standard InChI is InChI=1S/C20H26N4O2.2C2HF3O2/c1-3-26-13-18-19-16(11-22-24(19)12-15-4-5-15)6-7-23(18)20(25)17-8-14(2)9-21-10-17;2*3-2(4,5)1(6)7/h8-11,15,18H,3-7,12-13H2,1-2H3;2*(H,6,7). The van der Waals surface area contributed by atoms with Gasteiger partial charge in [-0.25, -0.2) is 9.59 Å². The van der Waals surface area contributed by atoms with E-state index in [9.17, 15) is 31.1 Å². The van der Waals surface area contributed by atoms with Crippen molar-refractivity contribution in [3.8, 4) is 0 Å². The van der Waals surface area contributed by atoms with Gasteiger partial charge in [0.1, 0.15) is 0 Å². The molecule has 1 fully saturated rings. The number of aryl methyl sites for hydroxylation is 1. The molecule has 1 unspecified atom stereocenters. The summed E-state index contributed by atoms with van der Waals surface area (Å²) < 4.78 is 71.4. The van der Waals surface area contributed by atoms with Crippen LogP contribution in [0.1, 0.15) is 53.0 Å². The summed E-state index contributed by atoms with van der Waals surface area (Å²) in [6.07, 6.45) is -1.36. The van der Waals surface area contributed by atoms with Gasteiger partial charge >= 0.3 is 24.3 Å². The molecule has 40 heavy (non-hydrogen) atoms. The molecule has 2 aromatic rings. The predicted octanol–water partition coefficient (Wildman–Crippen LogP) is 4.04. The Morgan fingerprint density at radius 3 is 2.08 bits per heavy atom. The molecule has 10 nitrogen and oxygen atoms in total. The van der Waals surface area contributed by atoms with Gasteiger partial charge in [0.25, 0.3) is 5.91 Å². The number of alkyl halides is 6. The fourth-order valence-corrected chi connectivity index (χ4v) is 3.73. The van der Waals surface area contributed by atoms with Crippen molar-refractivity contribution in [2.24, 2.45) is 5.92 Å². The van der Waals surface area contributed by atoms with Gasteiger partial charge in [-0.15, -0.1) is 0 Å². The molecule has 0 aromatic carbocycles. The van der Waals surface area contributed by atoms with Crippen LogP contribution >= 0.6 is 0 Å². The molecular weight excluding hydrogens is 554 g/mol. The molecule has 0 saturated heterocycles. The Hall–Kier alpha value is -3.69. The molecule has 2 N–H and O–H groups in total. The zero-order valence-corrected chi connectivity index (χ0v) is 21.5. The maximum absolute atomic E-state index is 13.2. The second-order valence-corrected chi connectivity index (χ2v) is 8.96. The third-order valence-electron chi connectivity index (χ3n) is 5.75. The SMILES string of the molecule is CCOCC1c2c(cnn2CC2CC2)CCN1C(=O)c1cncc(C)c1.O=C(O)C(F)(F)F.O=C(O)C(F)(F)F. The first kappa shape index (κ1) is 32.5. The van der Waals surface area contributed by atoms with Crippen molar-refractivity contribution in [3.05, 3.63) is 47.0 Å². The van der Waals surface area contributed by atoms with Crippen LogP contribution in [0.2, 0.25) is 0 Å². The van der Waals surface area contributed by atoms with Gasteiger partial charge < -0.3 is 19.8 Å². The molecule has 222 valence electrons. The highest BCUT2D eigenvalue weighted by atomic mass is 19.4. The molecule has 1 aliphatic carbocycles. The molecule has 1 aliphatic heterocycles. The lowest BCUT2D eigenvalue weighted by Crippen LogP contribution is -2.43. The van der Waals surface area contributed by atoms with E-state index in [1.807, 2.05) is 31.0 Å². The van der Waals surface area contributed by atoms with Crippen LogP contribution in [-0.4, -0.2) is 79.8 Å². The van der Waals surface area contributed by atoms with Gasteiger partial charge in [0, 0.05) is 32.1 Å². The van der Waals surface area contributed by atoms with Crippen molar-refractivity contribution in [2.45, 2.75) is 58.0 Å². The summed E-state index contributed by atoms with van der Waals surface area (Å²) in [5.41, 5.74) is 4.05. The number of carbonyl (C=O) groups is 3. The maximum Gasteiger partial charge on any atom is 0.490 e. The Bertz CT molecular complexity index is 1160. The van der Waals surface area contributed by atoms with Gasteiger partial charge in [0.15, 0.2) is 0 Å². The highest BCUT2D eigenvalue weighted by molar-refractivity contribution is 5.94. The molecule has 0 bridgehead atoms. The van der Waals surface area contributed by atoms with E-state index in [0.29, 0.717) is 25.3 Å². The molecule has 2 aromatic heterocycles. The highest BCUT2D eigenvalue weighted by Gasteiger charge is 2.39. The molecule has 1 atom stereocenters. The summed E-state index contributed by atoms with van der Waals surface area (Å²) in [5, 5.41) is 18.9. The van der Waals surface area contributed by atoms with Crippen molar-refractivity contribution in [2.75, 3.05) is 19.8 Å². The summed E-state index contributed by atoms with van der Waals surface area (Å²) in [4.78, 5) is 37.1. The number of ether oxygens (including phenoxy) is 1. The number of pyridine rings is 1. The van der Waals surface area contributed by atoms with Crippen LogP contribution in [0.3, 0.4) is 0 Å². The molecule has 3 heterocycles. The second-order valence-electron chi connectivity index (χ2n) is 8.96. The fourth-order valence-electron chi connectivity index (χ4n) is 3.73. The Morgan fingerprint density at radius 1 is 1.02 bits per heavy atom. The van der Waals surface area contributed by atoms with Crippen LogP contribution in [-0.2, 0) is 27.3 Å². The van der Waals surface area contributed by atoms with Gasteiger partial charge in [0.05, 0.1) is 30.1 Å². The van der Waals surface area contributed by atoms with Gasteiger partial charge in [-0.2, -0.15) is 31.4 Å². The van der Waals surface area contributed by atoms with E-state index in [0.717, 1.165) is 30.1 Å². The number of rotatable bonds is 6. The van der Waals surface area contributed by atoms with Crippen LogP contribution in [0, 0.1) is 12.8 Å². The number of carboxylic acid groups (broad SMARTS) is 2. The Balaban J connectivity index is 0.000000333. The van der Waals surface area contributed by atoms with Crippen molar-refractivity contribution >= 4 is 17.8 Å². The van der Waals surface area contributed by atoms with Gasteiger partial charge in [0.2, 0.25) is 0 Å². The van der Waals surface area contributed by atoms with Crippen LogP contribution in [0.25, 0.3) is 0 Å². The number of halogens is 6. The first-order valence-electron chi connectivity index (χ1n) is 12.0. The molecule has 1 amide bonds. The number of aromatic nitrogens is 3. The smallest absolute Gasteiger partial charge is 0.475 e. The van der Waals surface area contributed by atoms with Gasteiger partial charge in [-0.3, -0.25) is 14.5 Å². The van der Waals surface area contributed by atoms with Crippen LogP contribution < -0.4 is 0 Å². The summed E-state index contributed by atoms with van der Waals surface area (Å²) in [6.45, 7) is 6.72. The number of hydrogen-bond donors (Lipinski definition) is 2. The number of carboxylic acids is 2. The normalized spacial score (nSPS) is 16.6. The van der Waals surface area contributed by atoms with E-state index in [1.165, 1.54) is 18.4 Å². The Kier molecular flexibility index (Phi) is 11.0. The quantitative estimate of drug-likeness (QED) is 0.488. The monoisotopic (exact) mass is 582 g/mol. The van der Waals surface area contributed by atoms with Crippen LogP contribution in [0.15, 0.2) is 24.7 Å². The number of nitrogens with zero attached hydrogens (tertiary/aromatic N) is 4. The van der Waals surface area contributed by atoms with Crippen molar-refractivity contribution in [1.82, 2.24) is 19.7 Å². The lowest BCUT2D eigenvalue weighted by atomic mass is 9.99. The molecular formula is C24H28F6N4O6. The molecule has 0 radical (unpaired) electrons. The number of aliphatic carboxylic acids is 2. The third kappa shape index (κ3) is 9.50. The first-order valence-corrected chi connectivity index (χ1v) is 12.0. The highest BCUT2D eigenvalue weighted by Crippen LogP contribution is 2.35. The molecule has 2 aliphatic rings. The minimum atomic E-state index is -5.08. The summed E-state index contributed by atoms with van der Waals surface area (Å²) >= 11 is 0. The van der Waals surface area contributed by atoms with E-state index in [1.54, 1.807) is 12.4 Å². The predicted molar refractivity (Wildman–Crippen MR) is 125 cm³/mol. The van der Waals surface area contributed by atoms with Crippen molar-refractivity contribution < 1.29 is 55.7 Å². The van der Waals surface area contributed by atoms with Gasteiger partial charge in [-0.1, -0.05) is 0 Å². The lowest BCUT2D eigenvalue weighted by Gasteiger charge is -2.36. The number of hydrogen-bond acceptors (Lipinski definition) is 6. The fraction of sp³-hybridized carbons (Fsp3) is 0.542. The summed E-state index contributed by atoms with van der Waals surface area (Å²) in [5.74, 6) is -4.76. The van der Waals surface area contributed by atoms with Crippen molar-refractivity contribution in [1.29, 1.82) is 0 Å². The Labute approximate surface area is 224 Å². The molecule has 16 heteroatoms. The Morgan fingerprint density at radius 2 is 1.60 bits per heavy atom. The molecule has 0 spiro atoms. The maximum atomic E-state index is 13.2. The zero-order chi connectivity index (χ0) is 30.3. The summed E-state index contributed by atoms with van der Waals surface area (Å²) in [7, 11) is 0. The summed E-state index contributed by atoms with van der Waals surface area (Å²) in [6, 6.07) is 1.82. The van der Waals surface area contributed by atoms with E-state index in [-0.39, 0.29) is 11.9 Å². The van der Waals surface area contributed by atoms with E-state index in [2.05, 4.69) is 14.8 Å². The lowest BCUT2D eigenvalue weighted by molar-refractivity contribution is -0.193. The average molecular weight is 582 g/mol. The zero-order valence-electron chi connectivity index (χ0n) is 21.5. The number of amides is 1. The number of fused-ring (bicyclic) bond motifs is 1. The minimum Gasteiger partial charge on any atom is -0.475 e. The first-order chi connectivity index (χ1) is 18.6. The second kappa shape index (κ2) is 13.6. The molecule has 4 rings (SSSR count). The van der Waals surface area contributed by atoms with E-state index in [4.69, 9.17) is 24.5 Å². The number of carbonyl (C=O) groups excluding carboxylic acids is 1. The third-order valence-corrected chi connectivity index (χ3v) is 5.75. The largest absolute Gasteiger partial charge is 0.490 e. The van der Waals surface area contributed by atoms with Crippen LogP contribution in [0.4, 0.5) is 26.3 Å².